The highest BCUT2D eigenvalue weighted by atomic mass is 35.5. The molecule has 0 spiro atoms. The van der Waals surface area contributed by atoms with Crippen LogP contribution in [0.25, 0.3) is 0 Å². The van der Waals surface area contributed by atoms with Crippen molar-refractivity contribution >= 4 is 11.6 Å². The van der Waals surface area contributed by atoms with Crippen molar-refractivity contribution < 1.29 is 17.9 Å². The van der Waals surface area contributed by atoms with E-state index >= 15 is 0 Å². The predicted molar refractivity (Wildman–Crippen MR) is 74.2 cm³/mol. The molecule has 7 heteroatoms. The summed E-state index contributed by atoms with van der Waals surface area (Å²) in [7, 11) is 0. The minimum Gasteiger partial charge on any atom is -0.476 e. The summed E-state index contributed by atoms with van der Waals surface area (Å²) < 4.78 is 43.1. The van der Waals surface area contributed by atoms with Crippen molar-refractivity contribution in [2.24, 2.45) is 17.6 Å². The van der Waals surface area contributed by atoms with E-state index in [2.05, 4.69) is 4.98 Å². The van der Waals surface area contributed by atoms with Crippen LogP contribution in [0.2, 0.25) is 5.02 Å². The topological polar surface area (TPSA) is 48.1 Å². The van der Waals surface area contributed by atoms with Gasteiger partial charge in [0.15, 0.2) is 0 Å². The zero-order chi connectivity index (χ0) is 15.5. The molecule has 1 aliphatic carbocycles. The molecular formula is C14H18ClF3N2O. The molecule has 0 amide bonds. The van der Waals surface area contributed by atoms with Gasteiger partial charge in [0.1, 0.15) is 5.02 Å². The molecular weight excluding hydrogens is 305 g/mol. The van der Waals surface area contributed by atoms with Crippen LogP contribution in [-0.4, -0.2) is 18.1 Å². The zero-order valence-electron chi connectivity index (χ0n) is 11.5. The summed E-state index contributed by atoms with van der Waals surface area (Å²) in [4.78, 5) is 3.67. The van der Waals surface area contributed by atoms with Gasteiger partial charge in [0, 0.05) is 6.20 Å². The Balaban J connectivity index is 2.00. The molecule has 1 fully saturated rings. The van der Waals surface area contributed by atoms with Gasteiger partial charge in [-0.2, -0.15) is 13.2 Å². The third-order valence-corrected chi connectivity index (χ3v) is 4.21. The van der Waals surface area contributed by atoms with Gasteiger partial charge in [-0.3, -0.25) is 0 Å². The predicted octanol–water partition coefficient (Wildman–Crippen LogP) is 3.90. The van der Waals surface area contributed by atoms with E-state index in [1.807, 2.05) is 0 Å². The van der Waals surface area contributed by atoms with Gasteiger partial charge in [-0.15, -0.1) is 0 Å². The number of rotatable bonds is 4. The van der Waals surface area contributed by atoms with E-state index in [1.165, 1.54) is 0 Å². The van der Waals surface area contributed by atoms with Gasteiger partial charge in [0.2, 0.25) is 5.88 Å². The lowest BCUT2D eigenvalue weighted by Crippen LogP contribution is -2.30. The summed E-state index contributed by atoms with van der Waals surface area (Å²) in [6.07, 6.45) is 0.654. The first-order valence-corrected chi connectivity index (χ1v) is 7.35. The summed E-state index contributed by atoms with van der Waals surface area (Å²) >= 11 is 5.81. The number of nitrogens with two attached hydrogens (primary N) is 1. The number of alkyl halides is 3. The fourth-order valence-electron chi connectivity index (χ4n) is 2.69. The van der Waals surface area contributed by atoms with E-state index in [1.54, 1.807) is 0 Å². The molecule has 0 bridgehead atoms. The largest absolute Gasteiger partial charge is 0.476 e. The van der Waals surface area contributed by atoms with Crippen LogP contribution >= 0.6 is 11.6 Å². The van der Waals surface area contributed by atoms with E-state index < -0.39 is 11.7 Å². The molecule has 2 N–H and O–H groups in total. The van der Waals surface area contributed by atoms with Crippen molar-refractivity contribution in [1.82, 2.24) is 4.98 Å². The molecule has 3 nitrogen and oxygen atoms in total. The molecule has 0 radical (unpaired) electrons. The fourth-order valence-corrected chi connectivity index (χ4v) is 2.91. The molecule has 1 aliphatic rings. The Hall–Kier alpha value is -1.01. The summed E-state index contributed by atoms with van der Waals surface area (Å²) in [5.41, 5.74) is 4.86. The Morgan fingerprint density at radius 3 is 2.52 bits per heavy atom. The Morgan fingerprint density at radius 1 is 1.29 bits per heavy atom. The first-order valence-electron chi connectivity index (χ1n) is 6.97. The number of aromatic nitrogens is 1. The maximum absolute atomic E-state index is 12.5. The monoisotopic (exact) mass is 322 g/mol. The van der Waals surface area contributed by atoms with E-state index in [0.29, 0.717) is 25.0 Å². The highest BCUT2D eigenvalue weighted by Crippen LogP contribution is 2.34. The molecule has 1 heterocycles. The molecule has 0 aromatic carbocycles. The number of hydrogen-bond acceptors (Lipinski definition) is 3. The Morgan fingerprint density at radius 2 is 1.95 bits per heavy atom. The highest BCUT2D eigenvalue weighted by molar-refractivity contribution is 6.31. The minimum atomic E-state index is -4.46. The summed E-state index contributed by atoms with van der Waals surface area (Å²) in [5, 5.41) is -0.120. The zero-order valence-corrected chi connectivity index (χ0v) is 12.3. The lowest BCUT2D eigenvalue weighted by atomic mass is 9.80. The van der Waals surface area contributed by atoms with Crippen LogP contribution in [0.4, 0.5) is 13.2 Å². The van der Waals surface area contributed by atoms with Crippen molar-refractivity contribution in [3.05, 3.63) is 22.8 Å². The van der Waals surface area contributed by atoms with Gasteiger partial charge in [0.25, 0.3) is 0 Å². The van der Waals surface area contributed by atoms with Crippen molar-refractivity contribution in [3.8, 4) is 5.88 Å². The number of ether oxygens (including phenoxy) is 1. The molecule has 1 aromatic heterocycles. The third-order valence-electron chi connectivity index (χ3n) is 3.94. The van der Waals surface area contributed by atoms with Crippen LogP contribution in [0.5, 0.6) is 5.88 Å². The quantitative estimate of drug-likeness (QED) is 0.914. The van der Waals surface area contributed by atoms with Gasteiger partial charge in [0.05, 0.1) is 12.2 Å². The number of hydrogen-bond donors (Lipinski definition) is 1. The van der Waals surface area contributed by atoms with Gasteiger partial charge in [-0.25, -0.2) is 4.98 Å². The van der Waals surface area contributed by atoms with Gasteiger partial charge >= 0.3 is 6.18 Å². The molecule has 1 aromatic rings. The van der Waals surface area contributed by atoms with Gasteiger partial charge in [-0.1, -0.05) is 24.4 Å². The van der Waals surface area contributed by atoms with Crippen LogP contribution in [0.15, 0.2) is 12.3 Å². The summed E-state index contributed by atoms with van der Waals surface area (Å²) in [5.74, 6) is 0.752. The Bertz CT molecular complexity index is 482. The second-order valence-electron chi connectivity index (χ2n) is 5.36. The maximum Gasteiger partial charge on any atom is 0.417 e. The van der Waals surface area contributed by atoms with E-state index in [-0.39, 0.29) is 10.9 Å². The normalized spacial score (nSPS) is 23.1. The Labute approximate surface area is 126 Å². The van der Waals surface area contributed by atoms with E-state index in [0.717, 1.165) is 37.9 Å². The van der Waals surface area contributed by atoms with Crippen molar-refractivity contribution in [1.29, 1.82) is 0 Å². The highest BCUT2D eigenvalue weighted by Gasteiger charge is 2.32. The lowest BCUT2D eigenvalue weighted by molar-refractivity contribution is -0.137. The molecule has 0 saturated heterocycles. The molecule has 118 valence electrons. The average Bonchev–Trinajstić information content (AvgIpc) is 2.45. The first-order chi connectivity index (χ1) is 9.91. The molecule has 21 heavy (non-hydrogen) atoms. The lowest BCUT2D eigenvalue weighted by Gasteiger charge is -2.30. The first kappa shape index (κ1) is 16.4. The standard InChI is InChI=1S/C14H18ClF3N2O/c15-12-5-11(14(16,17)18)7-20-13(12)21-8-10-4-2-1-3-9(10)6-19/h5,7,9-10H,1-4,6,8,19H2. The SMILES string of the molecule is NCC1CCCCC1COc1ncc(C(F)(F)F)cc1Cl. The minimum absolute atomic E-state index is 0.0472. The molecule has 0 aliphatic heterocycles. The molecule has 2 rings (SSSR count). The van der Waals surface area contributed by atoms with Crippen molar-refractivity contribution in [2.75, 3.05) is 13.2 Å². The smallest absolute Gasteiger partial charge is 0.417 e. The maximum atomic E-state index is 12.5. The molecule has 1 saturated carbocycles. The van der Waals surface area contributed by atoms with Crippen LogP contribution in [0.1, 0.15) is 31.2 Å². The second kappa shape index (κ2) is 6.83. The third kappa shape index (κ3) is 4.23. The fraction of sp³-hybridized carbons (Fsp3) is 0.643. The van der Waals surface area contributed by atoms with Crippen LogP contribution in [0.3, 0.4) is 0 Å². The average molecular weight is 323 g/mol. The Kier molecular flexibility index (Phi) is 5.32. The van der Waals surface area contributed by atoms with Crippen molar-refractivity contribution in [3.63, 3.8) is 0 Å². The number of pyridine rings is 1. The van der Waals surface area contributed by atoms with Crippen molar-refractivity contribution in [2.45, 2.75) is 31.9 Å². The summed E-state index contributed by atoms with van der Waals surface area (Å²) in [6, 6.07) is 0.838. The molecule has 2 atom stereocenters. The van der Waals surface area contributed by atoms with Crippen LogP contribution in [0, 0.1) is 11.8 Å². The molecule has 2 unspecified atom stereocenters. The van der Waals surface area contributed by atoms with Gasteiger partial charge in [-0.05, 0) is 37.3 Å². The number of nitrogens with zero attached hydrogens (tertiary/aromatic N) is 1. The van der Waals surface area contributed by atoms with E-state index in [9.17, 15) is 13.2 Å². The second-order valence-corrected chi connectivity index (χ2v) is 5.77. The van der Waals surface area contributed by atoms with Crippen LogP contribution in [-0.2, 0) is 6.18 Å². The van der Waals surface area contributed by atoms with Crippen LogP contribution < -0.4 is 10.5 Å². The van der Waals surface area contributed by atoms with E-state index in [4.69, 9.17) is 22.1 Å². The van der Waals surface area contributed by atoms with Gasteiger partial charge < -0.3 is 10.5 Å². The summed E-state index contributed by atoms with van der Waals surface area (Å²) in [6.45, 7) is 0.988. The number of halogens is 4.